The Labute approximate surface area is 446 Å². The normalized spacial score (nSPS) is 14.0. The van der Waals surface area contributed by atoms with Gasteiger partial charge in [0.2, 0.25) is 0 Å². The fourth-order valence-electron chi connectivity index (χ4n) is 12.5. The molecule has 0 spiro atoms. The fraction of sp³-hybridized carbons (Fsp3) is 0.155. The van der Waals surface area contributed by atoms with Crippen molar-refractivity contribution in [1.29, 1.82) is 0 Å². The Morgan fingerprint density at radius 1 is 0.408 bits per heavy atom. The number of benzene rings is 9. The van der Waals surface area contributed by atoms with Gasteiger partial charge < -0.3 is 23.4 Å². The summed E-state index contributed by atoms with van der Waals surface area (Å²) in [5.74, 6) is 0. The van der Waals surface area contributed by atoms with Gasteiger partial charge in [0.05, 0.1) is 45.0 Å². The van der Waals surface area contributed by atoms with Crippen LogP contribution in [0.4, 0.5) is 34.1 Å². The van der Waals surface area contributed by atoms with Gasteiger partial charge in [-0.3, -0.25) is 0 Å². The summed E-state index contributed by atoms with van der Waals surface area (Å²) < 4.78 is 11.9. The minimum Gasteiger partial charge on any atom is -0.454 e. The standard InChI is InChI=1S/C67H52N4O.2C2H6/c1-7-8-26-55-42(2)46-20-9-14-27-56(46)68(55)44-34-37-62-54(40-44)67(5,6)52-25-13-18-31-60(52)71(62)63-32-19-23-49-50-39-43(35-38-64(50)72-65(49)63)70-59-30-17-12-24-51(59)66(3,4)53-41-45(33-36-61(53)70)69-57-28-15-10-21-47(57)48-22-11-16-29-58(48)69;2*1-2/h7-41H,1H2,2-6H3;2*1-2H3/b26-8-;;. The van der Waals surface area contributed by atoms with Gasteiger partial charge in [0.1, 0.15) is 5.58 Å². The molecule has 2 aliphatic rings. The number of aromatic nitrogens is 2. The van der Waals surface area contributed by atoms with E-state index in [-0.39, 0.29) is 10.8 Å². The molecule has 0 radical (unpaired) electrons. The molecule has 0 bridgehead atoms. The number of hydrogen-bond acceptors (Lipinski definition) is 3. The summed E-state index contributed by atoms with van der Waals surface area (Å²) >= 11 is 0. The second-order valence-electron chi connectivity index (χ2n) is 20.6. The van der Waals surface area contributed by atoms with Crippen molar-refractivity contribution in [3.63, 3.8) is 0 Å². The van der Waals surface area contributed by atoms with E-state index in [1.807, 2.05) is 39.8 Å². The first kappa shape index (κ1) is 48.2. The minimum absolute atomic E-state index is 0.269. The van der Waals surface area contributed by atoms with Crippen molar-refractivity contribution >= 4 is 94.8 Å². The molecule has 14 rings (SSSR count). The Morgan fingerprint density at radius 3 is 1.47 bits per heavy atom. The monoisotopic (exact) mass is 989 g/mol. The molecule has 374 valence electrons. The van der Waals surface area contributed by atoms with Gasteiger partial charge in [-0.2, -0.15) is 0 Å². The van der Waals surface area contributed by atoms with Gasteiger partial charge in [0.25, 0.3) is 0 Å². The van der Waals surface area contributed by atoms with Crippen LogP contribution >= 0.6 is 0 Å². The summed E-state index contributed by atoms with van der Waals surface area (Å²) in [5, 5.41) is 5.91. The van der Waals surface area contributed by atoms with Gasteiger partial charge in [0.15, 0.2) is 5.58 Å². The van der Waals surface area contributed by atoms with E-state index in [9.17, 15) is 0 Å². The Morgan fingerprint density at radius 2 is 0.868 bits per heavy atom. The van der Waals surface area contributed by atoms with Gasteiger partial charge in [-0.1, -0.05) is 177 Å². The minimum atomic E-state index is -0.302. The van der Waals surface area contributed by atoms with Crippen molar-refractivity contribution in [1.82, 2.24) is 9.13 Å². The molecule has 0 amide bonds. The van der Waals surface area contributed by atoms with Crippen molar-refractivity contribution in [2.75, 3.05) is 9.80 Å². The van der Waals surface area contributed by atoms with Crippen LogP contribution in [0.1, 0.15) is 88.9 Å². The van der Waals surface area contributed by atoms with Crippen molar-refractivity contribution in [3.05, 3.63) is 246 Å². The molecule has 12 aromatic rings. The quantitative estimate of drug-likeness (QED) is 0.156. The van der Waals surface area contributed by atoms with E-state index in [0.717, 1.165) is 61.8 Å². The van der Waals surface area contributed by atoms with Gasteiger partial charge in [-0.05, 0) is 132 Å². The molecule has 0 unspecified atom stereocenters. The average molecular weight is 989 g/mol. The molecular formula is C71H64N4O. The van der Waals surface area contributed by atoms with Crippen LogP contribution in [0.25, 0.3) is 72.1 Å². The SMILES string of the molecule is C=C/C=C\c1c(C)c2ccccc2n1-c1ccc2c(c1)C(C)(C)c1ccccc1N2c1cccc2c1oc1ccc(N3c4ccccc4C(C)(C)c4cc(-n5c6ccccc6c6ccccc65)ccc43)cc12.CC.CC. The van der Waals surface area contributed by atoms with Crippen LogP contribution in [-0.4, -0.2) is 9.13 Å². The second kappa shape index (κ2) is 18.5. The van der Waals surface area contributed by atoms with Crippen LogP contribution in [0, 0.1) is 6.92 Å². The molecule has 76 heavy (non-hydrogen) atoms. The molecule has 3 aromatic heterocycles. The van der Waals surface area contributed by atoms with Crippen molar-refractivity contribution < 1.29 is 4.42 Å². The van der Waals surface area contributed by atoms with E-state index in [1.54, 1.807) is 0 Å². The molecule has 0 aliphatic carbocycles. The lowest BCUT2D eigenvalue weighted by molar-refractivity contribution is 0.630. The van der Waals surface area contributed by atoms with E-state index in [4.69, 9.17) is 4.42 Å². The number of hydrogen-bond donors (Lipinski definition) is 0. The highest BCUT2D eigenvalue weighted by Gasteiger charge is 2.40. The zero-order valence-electron chi connectivity index (χ0n) is 45.1. The Balaban J connectivity index is 0.00000142. The van der Waals surface area contributed by atoms with Gasteiger partial charge >= 0.3 is 0 Å². The lowest BCUT2D eigenvalue weighted by Crippen LogP contribution is -2.30. The third-order valence-electron chi connectivity index (χ3n) is 16.0. The summed E-state index contributed by atoms with van der Waals surface area (Å²) in [6, 6.07) is 71.4. The Bertz CT molecular complexity index is 4230. The Kier molecular flexibility index (Phi) is 11.7. The zero-order chi connectivity index (χ0) is 52.6. The molecule has 0 atom stereocenters. The van der Waals surface area contributed by atoms with Crippen molar-refractivity contribution in [2.24, 2.45) is 0 Å². The maximum atomic E-state index is 7.08. The maximum Gasteiger partial charge on any atom is 0.159 e. The predicted octanol–water partition coefficient (Wildman–Crippen LogP) is 20.4. The first-order chi connectivity index (χ1) is 37.1. The number of anilines is 6. The summed E-state index contributed by atoms with van der Waals surface area (Å²) in [6.07, 6.45) is 6.06. The van der Waals surface area contributed by atoms with Crippen LogP contribution in [0.5, 0.6) is 0 Å². The molecule has 0 saturated carbocycles. The van der Waals surface area contributed by atoms with E-state index in [2.05, 4.69) is 260 Å². The molecule has 9 aromatic carbocycles. The first-order valence-corrected chi connectivity index (χ1v) is 27.0. The number of fused-ring (bicyclic) bond motifs is 11. The van der Waals surface area contributed by atoms with Crippen LogP contribution in [0.2, 0.25) is 0 Å². The van der Waals surface area contributed by atoms with Crippen LogP contribution in [-0.2, 0) is 10.8 Å². The van der Waals surface area contributed by atoms with E-state index in [1.165, 1.54) is 71.9 Å². The van der Waals surface area contributed by atoms with E-state index in [0.29, 0.717) is 0 Å². The van der Waals surface area contributed by atoms with E-state index >= 15 is 0 Å². The molecule has 5 heteroatoms. The number of rotatable bonds is 6. The van der Waals surface area contributed by atoms with Crippen molar-refractivity contribution in [2.45, 2.75) is 73.1 Å². The van der Waals surface area contributed by atoms with Crippen LogP contribution in [0.3, 0.4) is 0 Å². The highest BCUT2D eigenvalue weighted by molar-refractivity contribution is 6.13. The lowest BCUT2D eigenvalue weighted by Gasteiger charge is -2.42. The third kappa shape index (κ3) is 7.05. The summed E-state index contributed by atoms with van der Waals surface area (Å²) in [7, 11) is 0. The summed E-state index contributed by atoms with van der Waals surface area (Å²) in [6.45, 7) is 23.7. The van der Waals surface area contributed by atoms with Gasteiger partial charge in [-0.15, -0.1) is 0 Å². The molecule has 5 heterocycles. The third-order valence-corrected chi connectivity index (χ3v) is 16.0. The number of aryl methyl sites for hydroxylation is 1. The summed E-state index contributed by atoms with van der Waals surface area (Å²) in [4.78, 5) is 4.88. The zero-order valence-corrected chi connectivity index (χ0v) is 45.1. The molecule has 0 fully saturated rings. The average Bonchev–Trinajstić information content (AvgIpc) is 4.22. The molecule has 0 saturated heterocycles. The molecule has 0 N–H and O–H groups in total. The number of para-hydroxylation sites is 6. The first-order valence-electron chi connectivity index (χ1n) is 27.0. The number of nitrogens with zero attached hydrogens (tertiary/aromatic N) is 4. The highest BCUT2D eigenvalue weighted by Crippen LogP contribution is 2.56. The highest BCUT2D eigenvalue weighted by atomic mass is 16.3. The van der Waals surface area contributed by atoms with Crippen molar-refractivity contribution in [3.8, 4) is 11.4 Å². The molecular weight excluding hydrogens is 925 g/mol. The van der Waals surface area contributed by atoms with Crippen LogP contribution in [0.15, 0.2) is 217 Å². The second-order valence-corrected chi connectivity index (χ2v) is 20.6. The van der Waals surface area contributed by atoms with Gasteiger partial charge in [-0.25, -0.2) is 0 Å². The largest absolute Gasteiger partial charge is 0.454 e. The summed E-state index contributed by atoms with van der Waals surface area (Å²) in [5.41, 5.74) is 21.2. The van der Waals surface area contributed by atoms with Gasteiger partial charge in [0, 0.05) is 60.5 Å². The number of allylic oxidation sites excluding steroid dienone is 2. The predicted molar refractivity (Wildman–Crippen MR) is 325 cm³/mol. The maximum absolute atomic E-state index is 7.08. The molecule has 2 aliphatic heterocycles. The molecule has 5 nitrogen and oxygen atoms in total. The smallest absolute Gasteiger partial charge is 0.159 e. The fourth-order valence-corrected chi connectivity index (χ4v) is 12.5. The lowest BCUT2D eigenvalue weighted by atomic mass is 9.73. The van der Waals surface area contributed by atoms with Crippen LogP contribution < -0.4 is 9.80 Å². The number of furan rings is 1. The van der Waals surface area contributed by atoms with E-state index < -0.39 is 0 Å². The topological polar surface area (TPSA) is 29.5 Å². The Hall–Kier alpha value is -8.80.